The van der Waals surface area contributed by atoms with Crippen LogP contribution >= 0.6 is 0 Å². The van der Waals surface area contributed by atoms with E-state index >= 15 is 0 Å². The van der Waals surface area contributed by atoms with Crippen LogP contribution in [0.4, 0.5) is 4.39 Å². The SMILES string of the molecule is CCC(C)C(O)CNCc1ccccc1F. The van der Waals surface area contributed by atoms with Gasteiger partial charge in [-0.15, -0.1) is 0 Å². The molecule has 0 spiro atoms. The molecule has 3 heteroatoms. The molecule has 2 nitrogen and oxygen atoms in total. The van der Waals surface area contributed by atoms with E-state index in [0.717, 1.165) is 6.42 Å². The monoisotopic (exact) mass is 225 g/mol. The van der Waals surface area contributed by atoms with Gasteiger partial charge in [-0.1, -0.05) is 38.5 Å². The van der Waals surface area contributed by atoms with Crippen LogP contribution in [-0.4, -0.2) is 17.8 Å². The van der Waals surface area contributed by atoms with Crippen LogP contribution in [0, 0.1) is 11.7 Å². The van der Waals surface area contributed by atoms with Gasteiger partial charge in [-0.25, -0.2) is 4.39 Å². The van der Waals surface area contributed by atoms with E-state index in [-0.39, 0.29) is 17.8 Å². The Morgan fingerprint density at radius 2 is 2.06 bits per heavy atom. The summed E-state index contributed by atoms with van der Waals surface area (Å²) in [6.45, 7) is 5.02. The molecule has 16 heavy (non-hydrogen) atoms. The Morgan fingerprint density at radius 3 is 2.69 bits per heavy atom. The van der Waals surface area contributed by atoms with Gasteiger partial charge in [0.25, 0.3) is 0 Å². The van der Waals surface area contributed by atoms with Crippen molar-refractivity contribution in [3.8, 4) is 0 Å². The van der Waals surface area contributed by atoms with Gasteiger partial charge in [-0.2, -0.15) is 0 Å². The maximum atomic E-state index is 13.2. The second-order valence-corrected chi connectivity index (χ2v) is 4.18. The van der Waals surface area contributed by atoms with Crippen molar-refractivity contribution in [1.82, 2.24) is 5.32 Å². The van der Waals surface area contributed by atoms with Crippen molar-refractivity contribution >= 4 is 0 Å². The van der Waals surface area contributed by atoms with Crippen molar-refractivity contribution < 1.29 is 9.50 Å². The average molecular weight is 225 g/mol. The van der Waals surface area contributed by atoms with Gasteiger partial charge >= 0.3 is 0 Å². The molecular formula is C13H20FNO. The number of nitrogens with one attached hydrogen (secondary N) is 1. The molecule has 0 heterocycles. The van der Waals surface area contributed by atoms with Crippen LogP contribution in [0.25, 0.3) is 0 Å². The summed E-state index contributed by atoms with van der Waals surface area (Å²) in [4.78, 5) is 0. The first-order chi connectivity index (χ1) is 7.65. The van der Waals surface area contributed by atoms with Gasteiger partial charge in [0.05, 0.1) is 6.10 Å². The molecule has 0 fully saturated rings. The minimum atomic E-state index is -0.364. The van der Waals surface area contributed by atoms with Crippen molar-refractivity contribution in [1.29, 1.82) is 0 Å². The zero-order valence-corrected chi connectivity index (χ0v) is 9.91. The number of benzene rings is 1. The third kappa shape index (κ3) is 3.91. The molecule has 0 amide bonds. The first kappa shape index (κ1) is 13.1. The van der Waals surface area contributed by atoms with Crippen molar-refractivity contribution in [3.05, 3.63) is 35.6 Å². The van der Waals surface area contributed by atoms with Gasteiger partial charge in [0.15, 0.2) is 0 Å². The Bertz CT molecular complexity index is 317. The molecule has 0 bridgehead atoms. The second kappa shape index (κ2) is 6.61. The third-order valence-electron chi connectivity index (χ3n) is 2.93. The molecule has 1 rings (SSSR count). The van der Waals surface area contributed by atoms with Crippen LogP contribution in [0.15, 0.2) is 24.3 Å². The minimum Gasteiger partial charge on any atom is -0.392 e. The fourth-order valence-corrected chi connectivity index (χ4v) is 1.47. The van der Waals surface area contributed by atoms with E-state index in [4.69, 9.17) is 0 Å². The number of rotatable bonds is 6. The predicted molar refractivity (Wildman–Crippen MR) is 63.6 cm³/mol. The molecule has 1 aromatic rings. The molecule has 1 aromatic carbocycles. The zero-order chi connectivity index (χ0) is 12.0. The van der Waals surface area contributed by atoms with Crippen LogP contribution in [0.2, 0.25) is 0 Å². The highest BCUT2D eigenvalue weighted by Crippen LogP contribution is 2.08. The van der Waals surface area contributed by atoms with Crippen LogP contribution in [-0.2, 0) is 6.54 Å². The summed E-state index contributed by atoms with van der Waals surface area (Å²) in [5.74, 6) is 0.0705. The van der Waals surface area contributed by atoms with E-state index in [9.17, 15) is 9.50 Å². The lowest BCUT2D eigenvalue weighted by Crippen LogP contribution is -2.31. The van der Waals surface area contributed by atoms with Gasteiger partial charge in [0, 0.05) is 18.7 Å². The van der Waals surface area contributed by atoms with Gasteiger partial charge in [0.2, 0.25) is 0 Å². The number of aliphatic hydroxyl groups excluding tert-OH is 1. The van der Waals surface area contributed by atoms with Crippen molar-refractivity contribution in [2.24, 2.45) is 5.92 Å². The summed E-state index contributed by atoms with van der Waals surface area (Å²) >= 11 is 0. The van der Waals surface area contributed by atoms with Crippen LogP contribution in [0.5, 0.6) is 0 Å². The maximum Gasteiger partial charge on any atom is 0.127 e. The van der Waals surface area contributed by atoms with E-state index in [2.05, 4.69) is 5.32 Å². The van der Waals surface area contributed by atoms with Gasteiger partial charge < -0.3 is 10.4 Å². The van der Waals surface area contributed by atoms with E-state index in [1.165, 1.54) is 6.07 Å². The summed E-state index contributed by atoms with van der Waals surface area (Å²) in [6, 6.07) is 6.68. The minimum absolute atomic E-state index is 0.201. The van der Waals surface area contributed by atoms with Crippen molar-refractivity contribution in [2.45, 2.75) is 32.9 Å². The summed E-state index contributed by atoms with van der Waals surface area (Å²) < 4.78 is 13.2. The van der Waals surface area contributed by atoms with E-state index in [1.807, 2.05) is 19.9 Å². The van der Waals surface area contributed by atoms with Crippen LogP contribution in [0.3, 0.4) is 0 Å². The fourth-order valence-electron chi connectivity index (χ4n) is 1.47. The second-order valence-electron chi connectivity index (χ2n) is 4.18. The van der Waals surface area contributed by atoms with Crippen LogP contribution in [0.1, 0.15) is 25.8 Å². The van der Waals surface area contributed by atoms with Gasteiger partial charge in [0.1, 0.15) is 5.82 Å². The zero-order valence-electron chi connectivity index (χ0n) is 9.91. The summed E-state index contributed by atoms with van der Waals surface area (Å²) in [7, 11) is 0. The Hall–Kier alpha value is -0.930. The molecule has 0 aliphatic rings. The number of halogens is 1. The molecule has 2 atom stereocenters. The highest BCUT2D eigenvalue weighted by Gasteiger charge is 2.11. The normalized spacial score (nSPS) is 14.8. The van der Waals surface area contributed by atoms with Crippen molar-refractivity contribution in [2.75, 3.05) is 6.54 Å². The molecule has 2 unspecified atom stereocenters. The lowest BCUT2D eigenvalue weighted by atomic mass is 10.0. The lowest BCUT2D eigenvalue weighted by Gasteiger charge is -2.17. The first-order valence-electron chi connectivity index (χ1n) is 5.77. The number of hydrogen-bond donors (Lipinski definition) is 2. The summed E-state index contributed by atoms with van der Waals surface area (Å²) in [5.41, 5.74) is 0.638. The molecular weight excluding hydrogens is 205 g/mol. The standard InChI is InChI=1S/C13H20FNO/c1-3-10(2)13(16)9-15-8-11-6-4-5-7-12(11)14/h4-7,10,13,15-16H,3,8-9H2,1-2H3. The van der Waals surface area contributed by atoms with Gasteiger partial charge in [-0.3, -0.25) is 0 Å². The van der Waals surface area contributed by atoms with E-state index in [0.29, 0.717) is 18.7 Å². The molecule has 90 valence electrons. The predicted octanol–water partition coefficient (Wildman–Crippen LogP) is 2.32. The molecule has 0 aliphatic heterocycles. The quantitative estimate of drug-likeness (QED) is 0.778. The maximum absolute atomic E-state index is 13.2. The number of aliphatic hydroxyl groups is 1. The third-order valence-corrected chi connectivity index (χ3v) is 2.93. The Labute approximate surface area is 96.5 Å². The summed E-state index contributed by atoms with van der Waals surface area (Å²) in [5, 5.41) is 12.8. The van der Waals surface area contributed by atoms with E-state index in [1.54, 1.807) is 12.1 Å². The molecule has 2 N–H and O–H groups in total. The topological polar surface area (TPSA) is 32.3 Å². The molecule has 0 saturated heterocycles. The highest BCUT2D eigenvalue weighted by molar-refractivity contribution is 5.16. The Kier molecular flexibility index (Phi) is 5.43. The van der Waals surface area contributed by atoms with Gasteiger partial charge in [-0.05, 0) is 12.0 Å². The Balaban J connectivity index is 2.33. The van der Waals surface area contributed by atoms with E-state index < -0.39 is 0 Å². The molecule has 0 aromatic heterocycles. The first-order valence-corrected chi connectivity index (χ1v) is 5.77. The molecule has 0 aliphatic carbocycles. The highest BCUT2D eigenvalue weighted by atomic mass is 19.1. The lowest BCUT2D eigenvalue weighted by molar-refractivity contribution is 0.112. The average Bonchev–Trinajstić information content (AvgIpc) is 2.30. The smallest absolute Gasteiger partial charge is 0.127 e. The fraction of sp³-hybridized carbons (Fsp3) is 0.538. The molecule has 0 saturated carbocycles. The largest absolute Gasteiger partial charge is 0.392 e. The summed E-state index contributed by atoms with van der Waals surface area (Å²) in [6.07, 6.45) is 0.583. The van der Waals surface area contributed by atoms with Crippen LogP contribution < -0.4 is 5.32 Å². The van der Waals surface area contributed by atoms with Crippen molar-refractivity contribution in [3.63, 3.8) is 0 Å². The number of hydrogen-bond acceptors (Lipinski definition) is 2. The Morgan fingerprint density at radius 1 is 1.38 bits per heavy atom. The molecule has 0 radical (unpaired) electrons.